The van der Waals surface area contributed by atoms with Crippen molar-refractivity contribution >= 4 is 23.4 Å². The van der Waals surface area contributed by atoms with Crippen molar-refractivity contribution in [1.82, 2.24) is 20.0 Å². The van der Waals surface area contributed by atoms with Crippen molar-refractivity contribution < 1.29 is 14.4 Å². The van der Waals surface area contributed by atoms with Gasteiger partial charge in [0, 0.05) is 17.3 Å². The Bertz CT molecular complexity index is 1310. The van der Waals surface area contributed by atoms with Crippen LogP contribution in [0.3, 0.4) is 0 Å². The van der Waals surface area contributed by atoms with E-state index >= 15 is 0 Å². The quantitative estimate of drug-likeness (QED) is 0.281. The van der Waals surface area contributed by atoms with E-state index in [9.17, 15) is 14.4 Å². The van der Waals surface area contributed by atoms with Crippen LogP contribution in [0.4, 0.5) is 5.82 Å². The van der Waals surface area contributed by atoms with Crippen molar-refractivity contribution in [1.29, 1.82) is 0 Å². The second kappa shape index (κ2) is 10.5. The zero-order valence-electron chi connectivity index (χ0n) is 20.0. The van der Waals surface area contributed by atoms with E-state index in [0.29, 0.717) is 41.3 Å². The van der Waals surface area contributed by atoms with Gasteiger partial charge in [-0.1, -0.05) is 25.6 Å². The standard InChI is InChI=1S/C26H29N7O3/c1-3-15-12-13-29-21(14-15)31-26(36)17-10-8-16(9-11-17)22-23(24(27)35)33(28)25(32-22)19-7-5-6-18(30-19)20(34)4-2/h4,8-14,18-19,30H,2-3,5-7,28H2,1H3,(H2,27,35)(H,29,31,36)/t18?,19-/m0/s1. The Hall–Kier alpha value is -4.31. The van der Waals surface area contributed by atoms with Gasteiger partial charge in [-0.15, -0.1) is 0 Å². The van der Waals surface area contributed by atoms with Gasteiger partial charge in [-0.2, -0.15) is 0 Å². The van der Waals surface area contributed by atoms with Gasteiger partial charge in [0.05, 0.1) is 12.1 Å². The summed E-state index contributed by atoms with van der Waals surface area (Å²) in [6.07, 6.45) is 5.95. The van der Waals surface area contributed by atoms with Crippen LogP contribution in [-0.4, -0.2) is 38.3 Å². The van der Waals surface area contributed by atoms with E-state index in [2.05, 4.69) is 27.2 Å². The molecule has 0 bridgehead atoms. The SMILES string of the molecule is C=CC(=O)C1CCC[C@@H](c2nc(-c3ccc(C(=O)Nc4cc(CC)ccn4)cc3)c(C(N)=O)n2N)N1. The number of nitrogens with zero attached hydrogens (tertiary/aromatic N) is 3. The Morgan fingerprint density at radius 2 is 1.97 bits per heavy atom. The zero-order chi connectivity index (χ0) is 25.8. The molecule has 36 heavy (non-hydrogen) atoms. The van der Waals surface area contributed by atoms with Gasteiger partial charge in [-0.3, -0.25) is 19.7 Å². The Kier molecular flexibility index (Phi) is 7.25. The topological polar surface area (TPSA) is 158 Å². The summed E-state index contributed by atoms with van der Waals surface area (Å²) >= 11 is 0. The lowest BCUT2D eigenvalue weighted by Gasteiger charge is -2.29. The van der Waals surface area contributed by atoms with Crippen LogP contribution in [0, 0.1) is 0 Å². The highest BCUT2D eigenvalue weighted by molar-refractivity contribution is 6.04. The van der Waals surface area contributed by atoms with Crippen LogP contribution in [0.25, 0.3) is 11.3 Å². The first-order chi connectivity index (χ1) is 17.3. The number of anilines is 1. The zero-order valence-corrected chi connectivity index (χ0v) is 20.0. The second-order valence-corrected chi connectivity index (χ2v) is 8.65. The molecule has 186 valence electrons. The predicted molar refractivity (Wildman–Crippen MR) is 137 cm³/mol. The summed E-state index contributed by atoms with van der Waals surface area (Å²) < 4.78 is 1.18. The minimum Gasteiger partial charge on any atom is -0.364 e. The first-order valence-electron chi connectivity index (χ1n) is 11.8. The number of piperidine rings is 1. The Morgan fingerprint density at radius 1 is 1.22 bits per heavy atom. The third-order valence-corrected chi connectivity index (χ3v) is 6.31. The number of imidazole rings is 1. The Morgan fingerprint density at radius 3 is 2.64 bits per heavy atom. The third-order valence-electron chi connectivity index (χ3n) is 6.31. The minimum atomic E-state index is -0.732. The van der Waals surface area contributed by atoms with E-state index < -0.39 is 5.91 Å². The Balaban J connectivity index is 1.59. The maximum atomic E-state index is 12.7. The number of carbonyl (C=O) groups excluding carboxylic acids is 3. The van der Waals surface area contributed by atoms with Crippen molar-refractivity contribution in [2.45, 2.75) is 44.7 Å². The summed E-state index contributed by atoms with van der Waals surface area (Å²) in [5, 5.41) is 6.04. The van der Waals surface area contributed by atoms with E-state index in [4.69, 9.17) is 11.6 Å². The number of amides is 2. The molecule has 1 aromatic carbocycles. The smallest absolute Gasteiger partial charge is 0.269 e. The maximum Gasteiger partial charge on any atom is 0.269 e. The fourth-order valence-corrected chi connectivity index (χ4v) is 4.37. The fourth-order valence-electron chi connectivity index (χ4n) is 4.37. The molecule has 3 aromatic rings. The van der Waals surface area contributed by atoms with Crippen molar-refractivity contribution in [3.8, 4) is 11.3 Å². The molecule has 0 radical (unpaired) electrons. The van der Waals surface area contributed by atoms with E-state index in [1.165, 1.54) is 10.8 Å². The lowest BCUT2D eigenvalue weighted by Crippen LogP contribution is -2.43. The molecule has 0 spiro atoms. The molecule has 1 unspecified atom stereocenters. The number of pyridine rings is 1. The largest absolute Gasteiger partial charge is 0.364 e. The first-order valence-corrected chi connectivity index (χ1v) is 11.8. The molecule has 1 aliphatic rings. The van der Waals surface area contributed by atoms with Gasteiger partial charge in [0.2, 0.25) is 0 Å². The number of nitrogens with one attached hydrogen (secondary N) is 2. The molecule has 0 saturated carbocycles. The maximum absolute atomic E-state index is 12.7. The van der Waals surface area contributed by atoms with Crippen molar-refractivity contribution in [2.75, 3.05) is 11.2 Å². The van der Waals surface area contributed by atoms with Crippen LogP contribution in [0.5, 0.6) is 0 Å². The number of carbonyl (C=O) groups is 3. The second-order valence-electron chi connectivity index (χ2n) is 8.65. The molecule has 0 aliphatic carbocycles. The molecule has 10 heteroatoms. The minimum absolute atomic E-state index is 0.0433. The van der Waals surface area contributed by atoms with Crippen LogP contribution in [-0.2, 0) is 11.2 Å². The highest BCUT2D eigenvalue weighted by Crippen LogP contribution is 2.30. The number of nitrogens with two attached hydrogens (primary N) is 2. The average molecular weight is 488 g/mol. The molecule has 1 fully saturated rings. The van der Waals surface area contributed by atoms with Crippen molar-refractivity contribution in [3.05, 3.63) is 77.9 Å². The van der Waals surface area contributed by atoms with E-state index in [1.54, 1.807) is 30.5 Å². The number of benzene rings is 1. The lowest BCUT2D eigenvalue weighted by atomic mass is 9.95. The number of ketones is 1. The van der Waals surface area contributed by atoms with Crippen LogP contribution in [0.2, 0.25) is 0 Å². The molecular formula is C26H29N7O3. The monoisotopic (exact) mass is 487 g/mol. The number of primary amides is 1. The summed E-state index contributed by atoms with van der Waals surface area (Å²) in [5.74, 6) is 5.98. The molecule has 2 amide bonds. The summed E-state index contributed by atoms with van der Waals surface area (Å²) in [6.45, 7) is 5.58. The van der Waals surface area contributed by atoms with Crippen LogP contribution >= 0.6 is 0 Å². The molecule has 6 N–H and O–H groups in total. The number of aryl methyl sites for hydroxylation is 1. The number of hydrogen-bond donors (Lipinski definition) is 4. The van der Waals surface area contributed by atoms with Gasteiger partial charge in [0.25, 0.3) is 11.8 Å². The summed E-state index contributed by atoms with van der Waals surface area (Å²) in [7, 11) is 0. The molecule has 3 heterocycles. The molecular weight excluding hydrogens is 458 g/mol. The molecule has 10 nitrogen and oxygen atoms in total. The van der Waals surface area contributed by atoms with E-state index in [0.717, 1.165) is 18.4 Å². The highest BCUT2D eigenvalue weighted by Gasteiger charge is 2.31. The van der Waals surface area contributed by atoms with Crippen LogP contribution in [0.15, 0.2) is 55.3 Å². The van der Waals surface area contributed by atoms with Crippen LogP contribution < -0.4 is 22.2 Å². The van der Waals surface area contributed by atoms with Crippen molar-refractivity contribution in [3.63, 3.8) is 0 Å². The third kappa shape index (κ3) is 5.03. The normalized spacial score (nSPS) is 17.4. The molecule has 1 saturated heterocycles. The number of rotatable bonds is 8. The summed E-state index contributed by atoms with van der Waals surface area (Å²) in [4.78, 5) is 45.9. The summed E-state index contributed by atoms with van der Waals surface area (Å²) in [5.41, 5.74) is 8.05. The van der Waals surface area contributed by atoms with Gasteiger partial charge >= 0.3 is 0 Å². The molecule has 2 atom stereocenters. The molecule has 4 rings (SSSR count). The first kappa shape index (κ1) is 24.8. The van der Waals surface area contributed by atoms with E-state index in [1.807, 2.05) is 19.1 Å². The Labute approximate surface area is 208 Å². The van der Waals surface area contributed by atoms with Gasteiger partial charge in [-0.25, -0.2) is 14.6 Å². The van der Waals surface area contributed by atoms with Gasteiger partial charge in [0.1, 0.15) is 17.3 Å². The molecule has 2 aromatic heterocycles. The van der Waals surface area contributed by atoms with Crippen molar-refractivity contribution in [2.24, 2.45) is 5.73 Å². The van der Waals surface area contributed by atoms with Gasteiger partial charge in [0.15, 0.2) is 11.5 Å². The van der Waals surface area contributed by atoms with Gasteiger partial charge < -0.3 is 16.9 Å². The number of nitrogen functional groups attached to an aromatic ring is 1. The highest BCUT2D eigenvalue weighted by atomic mass is 16.2. The molecule has 1 aliphatic heterocycles. The van der Waals surface area contributed by atoms with Crippen LogP contribution in [0.1, 0.15) is 64.5 Å². The lowest BCUT2D eigenvalue weighted by molar-refractivity contribution is -0.117. The van der Waals surface area contributed by atoms with E-state index in [-0.39, 0.29) is 29.5 Å². The van der Waals surface area contributed by atoms with Gasteiger partial charge in [-0.05, 0) is 61.6 Å². The predicted octanol–water partition coefficient (Wildman–Crippen LogP) is 2.51. The fraction of sp³-hybridized carbons (Fsp3) is 0.269. The summed E-state index contributed by atoms with van der Waals surface area (Å²) in [6, 6.07) is 9.63. The number of hydrogen-bond acceptors (Lipinski definition) is 7. The average Bonchev–Trinajstić information content (AvgIpc) is 3.25. The number of aromatic nitrogens is 3.